The monoisotopic (exact) mass is 498 g/mol. The van der Waals surface area contributed by atoms with Crippen LogP contribution in [-0.2, 0) is 15.6 Å². The summed E-state index contributed by atoms with van der Waals surface area (Å²) >= 11 is 0. The lowest BCUT2D eigenvalue weighted by Crippen LogP contribution is -2.28. The van der Waals surface area contributed by atoms with Gasteiger partial charge in [-0.25, -0.2) is 0 Å². The lowest BCUT2D eigenvalue weighted by molar-refractivity contribution is -0.114. The Bertz CT molecular complexity index is 1220. The van der Waals surface area contributed by atoms with Crippen molar-refractivity contribution in [2.75, 3.05) is 0 Å². The molecule has 2 heteroatoms. The maximum atomic E-state index is 13.7. The Hall–Kier alpha value is -2.87. The Balaban J connectivity index is 2.56. The SMILES string of the molecule is CC(C)(C)C1=CC(=C(c2ccccc2)c2cc(C(C)(C)C)c(O)c(C(C)(C)C)c2)C=C(C(C)(C)C)C1=O. The fourth-order valence-electron chi connectivity index (χ4n) is 4.91. The van der Waals surface area contributed by atoms with E-state index in [0.717, 1.165) is 44.5 Å². The van der Waals surface area contributed by atoms with Gasteiger partial charge in [0.05, 0.1) is 0 Å². The summed E-state index contributed by atoms with van der Waals surface area (Å²) in [6.45, 7) is 25.5. The number of phenols is 1. The third-order valence-electron chi connectivity index (χ3n) is 7.07. The van der Waals surface area contributed by atoms with Gasteiger partial charge in [-0.2, -0.15) is 0 Å². The first-order valence-electron chi connectivity index (χ1n) is 13.4. The Labute approximate surface area is 225 Å². The zero-order valence-electron chi connectivity index (χ0n) is 25.1. The molecule has 2 aromatic rings. The van der Waals surface area contributed by atoms with Crippen LogP contribution in [0.1, 0.15) is 105 Å². The Morgan fingerprint density at radius 1 is 0.595 bits per heavy atom. The minimum atomic E-state index is -0.295. The zero-order chi connectivity index (χ0) is 28.1. The fourth-order valence-corrected chi connectivity index (χ4v) is 4.91. The summed E-state index contributed by atoms with van der Waals surface area (Å²) in [5, 5.41) is 11.4. The predicted molar refractivity (Wildman–Crippen MR) is 158 cm³/mol. The Morgan fingerprint density at radius 2 is 1.00 bits per heavy atom. The highest BCUT2D eigenvalue weighted by molar-refractivity contribution is 6.12. The van der Waals surface area contributed by atoms with Crippen LogP contribution in [0, 0.1) is 10.8 Å². The normalized spacial score (nSPS) is 15.5. The number of rotatable bonds is 2. The lowest BCUT2D eigenvalue weighted by atomic mass is 9.70. The third kappa shape index (κ3) is 6.00. The minimum Gasteiger partial charge on any atom is -0.507 e. The molecule has 0 aliphatic heterocycles. The second-order valence-corrected chi connectivity index (χ2v) is 14.6. The summed E-state index contributed by atoms with van der Waals surface area (Å²) in [5.41, 5.74) is 6.69. The molecule has 37 heavy (non-hydrogen) atoms. The number of carbonyl (C=O) groups excluding carboxylic acids is 1. The van der Waals surface area contributed by atoms with Crippen molar-refractivity contribution in [1.82, 2.24) is 0 Å². The number of Topliss-reactive ketones (excluding diaryl/α,β-unsaturated/α-hetero) is 1. The number of hydrogen-bond acceptors (Lipinski definition) is 2. The first-order valence-corrected chi connectivity index (χ1v) is 13.4. The second kappa shape index (κ2) is 9.46. The van der Waals surface area contributed by atoms with Crippen molar-refractivity contribution < 1.29 is 9.90 Å². The van der Waals surface area contributed by atoms with Gasteiger partial charge < -0.3 is 5.11 Å². The van der Waals surface area contributed by atoms with Crippen LogP contribution in [0.3, 0.4) is 0 Å². The summed E-state index contributed by atoms with van der Waals surface area (Å²) in [6, 6.07) is 14.7. The van der Waals surface area contributed by atoms with Crippen molar-refractivity contribution in [2.24, 2.45) is 10.8 Å². The Morgan fingerprint density at radius 3 is 1.35 bits per heavy atom. The van der Waals surface area contributed by atoms with Crippen LogP contribution in [0.5, 0.6) is 5.75 Å². The van der Waals surface area contributed by atoms with Crippen molar-refractivity contribution in [1.29, 1.82) is 0 Å². The number of carbonyl (C=O) groups is 1. The van der Waals surface area contributed by atoms with E-state index in [2.05, 4.69) is 132 Å². The number of benzene rings is 2. The molecule has 1 aliphatic rings. The van der Waals surface area contributed by atoms with Gasteiger partial charge in [0.15, 0.2) is 5.78 Å². The summed E-state index contributed by atoms with van der Waals surface area (Å²) in [7, 11) is 0. The van der Waals surface area contributed by atoms with Crippen molar-refractivity contribution in [3.8, 4) is 5.75 Å². The van der Waals surface area contributed by atoms with Gasteiger partial charge in [0.25, 0.3) is 0 Å². The molecular formula is C35H46O2. The van der Waals surface area contributed by atoms with E-state index in [-0.39, 0.29) is 27.4 Å². The van der Waals surface area contributed by atoms with Crippen molar-refractivity contribution in [3.05, 3.63) is 93.6 Å². The quantitative estimate of drug-likeness (QED) is 0.448. The Kier molecular flexibility index (Phi) is 7.34. The molecule has 198 valence electrons. The van der Waals surface area contributed by atoms with Gasteiger partial charge in [-0.1, -0.05) is 113 Å². The average molecular weight is 499 g/mol. The van der Waals surface area contributed by atoms with Crippen LogP contribution < -0.4 is 0 Å². The highest BCUT2D eigenvalue weighted by Gasteiger charge is 2.35. The molecule has 3 rings (SSSR count). The third-order valence-corrected chi connectivity index (χ3v) is 7.07. The molecule has 2 nitrogen and oxygen atoms in total. The zero-order valence-corrected chi connectivity index (χ0v) is 25.1. The minimum absolute atomic E-state index is 0.132. The number of phenolic OH excluding ortho intramolecular Hbond substituents is 1. The van der Waals surface area contributed by atoms with Gasteiger partial charge in [0, 0.05) is 22.3 Å². The molecule has 1 N–H and O–H groups in total. The van der Waals surface area contributed by atoms with E-state index in [1.807, 2.05) is 6.07 Å². The largest absolute Gasteiger partial charge is 0.507 e. The number of allylic oxidation sites excluding steroid dienone is 5. The van der Waals surface area contributed by atoms with Crippen molar-refractivity contribution in [2.45, 2.75) is 93.9 Å². The molecule has 0 saturated carbocycles. The van der Waals surface area contributed by atoms with Gasteiger partial charge in [0.1, 0.15) is 5.75 Å². The van der Waals surface area contributed by atoms with Crippen LogP contribution in [0.4, 0.5) is 0 Å². The van der Waals surface area contributed by atoms with Crippen molar-refractivity contribution >= 4 is 11.4 Å². The molecule has 2 aromatic carbocycles. The van der Waals surface area contributed by atoms with Gasteiger partial charge in [-0.05, 0) is 68.2 Å². The molecular weight excluding hydrogens is 452 g/mol. The van der Waals surface area contributed by atoms with Gasteiger partial charge in [0.2, 0.25) is 0 Å². The topological polar surface area (TPSA) is 37.3 Å². The van der Waals surface area contributed by atoms with Gasteiger partial charge in [-0.15, -0.1) is 0 Å². The smallest absolute Gasteiger partial charge is 0.186 e. The van der Waals surface area contributed by atoms with Crippen molar-refractivity contribution in [3.63, 3.8) is 0 Å². The molecule has 0 radical (unpaired) electrons. The van der Waals surface area contributed by atoms with E-state index >= 15 is 0 Å². The van der Waals surface area contributed by atoms with Crippen LogP contribution in [0.25, 0.3) is 5.57 Å². The number of aromatic hydroxyl groups is 1. The van der Waals surface area contributed by atoms with E-state index in [0.29, 0.717) is 5.75 Å². The summed E-state index contributed by atoms with van der Waals surface area (Å²) in [4.78, 5) is 13.7. The standard InChI is InChI=1S/C35H46O2/c1-32(2,3)25-18-23(19-26(30(25)36)33(4,5)6)29(22-16-14-13-15-17-22)24-20-27(34(7,8)9)31(37)28(21-24)35(10,11)12/h13-21,36H,1-12H3. The van der Waals surface area contributed by atoms with Crippen LogP contribution in [0.15, 0.2) is 71.3 Å². The second-order valence-electron chi connectivity index (χ2n) is 14.6. The van der Waals surface area contributed by atoms with E-state index in [9.17, 15) is 9.90 Å². The molecule has 0 atom stereocenters. The summed E-state index contributed by atoms with van der Waals surface area (Å²) < 4.78 is 0. The van der Waals surface area contributed by atoms with E-state index in [4.69, 9.17) is 0 Å². The molecule has 0 bridgehead atoms. The first kappa shape index (κ1) is 28.7. The molecule has 0 amide bonds. The summed E-state index contributed by atoms with van der Waals surface area (Å²) in [6.07, 6.45) is 4.20. The first-order chi connectivity index (χ1) is 16.7. The number of ketones is 1. The molecule has 0 heterocycles. The highest BCUT2D eigenvalue weighted by atomic mass is 16.3. The average Bonchev–Trinajstić information content (AvgIpc) is 2.73. The van der Waals surface area contributed by atoms with Crippen LogP contribution in [0.2, 0.25) is 0 Å². The maximum absolute atomic E-state index is 13.7. The molecule has 0 unspecified atom stereocenters. The van der Waals surface area contributed by atoms with Crippen LogP contribution >= 0.6 is 0 Å². The van der Waals surface area contributed by atoms with Gasteiger partial charge in [-0.3, -0.25) is 4.79 Å². The fraction of sp³-hybridized carbons (Fsp3) is 0.457. The summed E-state index contributed by atoms with van der Waals surface area (Å²) in [5.74, 6) is 0.504. The molecule has 1 aliphatic carbocycles. The molecule has 0 saturated heterocycles. The van der Waals surface area contributed by atoms with Gasteiger partial charge >= 0.3 is 0 Å². The van der Waals surface area contributed by atoms with E-state index in [1.165, 1.54) is 0 Å². The molecule has 0 spiro atoms. The molecule has 0 fully saturated rings. The van der Waals surface area contributed by atoms with E-state index < -0.39 is 0 Å². The maximum Gasteiger partial charge on any atom is 0.186 e. The van der Waals surface area contributed by atoms with E-state index in [1.54, 1.807) is 0 Å². The van der Waals surface area contributed by atoms with Crippen LogP contribution in [-0.4, -0.2) is 10.9 Å². The highest BCUT2D eigenvalue weighted by Crippen LogP contribution is 2.45. The molecule has 0 aromatic heterocycles. The lowest BCUT2D eigenvalue weighted by Gasteiger charge is -2.32. The number of hydrogen-bond donors (Lipinski definition) is 1. The predicted octanol–water partition coefficient (Wildman–Crippen LogP) is 9.32.